The molecule has 0 fully saturated rings. The molecule has 0 atom stereocenters. The van der Waals surface area contributed by atoms with E-state index in [1.807, 2.05) is 43.3 Å². The number of benzene rings is 4. The fourth-order valence-corrected chi connectivity index (χ4v) is 3.94. The number of rotatable bonds is 8. The number of aryl methyl sites for hydroxylation is 1. The van der Waals surface area contributed by atoms with Crippen molar-refractivity contribution in [1.82, 2.24) is 5.43 Å². The van der Waals surface area contributed by atoms with Crippen molar-refractivity contribution >= 4 is 45.6 Å². The van der Waals surface area contributed by atoms with Crippen LogP contribution in [0.2, 0.25) is 0 Å². The number of nitrogens with one attached hydrogen (secondary N) is 2. The molecule has 0 saturated heterocycles. The van der Waals surface area contributed by atoms with E-state index < -0.39 is 11.9 Å². The molecule has 4 aromatic carbocycles. The SMILES string of the molecule is Cc1cccc(C(=O)Oc2ccc(Br)cc2/C=N\NC(=O)c2ccc(NC(=O)Cc3ccccc3)cc2)c1. The van der Waals surface area contributed by atoms with Gasteiger partial charge in [0.1, 0.15) is 5.75 Å². The topological polar surface area (TPSA) is 96.9 Å². The Morgan fingerprint density at radius 3 is 2.37 bits per heavy atom. The highest BCUT2D eigenvalue weighted by atomic mass is 79.9. The van der Waals surface area contributed by atoms with Gasteiger partial charge in [-0.2, -0.15) is 5.10 Å². The zero-order valence-electron chi connectivity index (χ0n) is 20.5. The Bertz CT molecular complexity index is 1490. The molecule has 4 aromatic rings. The fourth-order valence-electron chi connectivity index (χ4n) is 3.56. The molecule has 4 rings (SSSR count). The molecule has 0 bridgehead atoms. The van der Waals surface area contributed by atoms with Gasteiger partial charge in [0.15, 0.2) is 0 Å². The summed E-state index contributed by atoms with van der Waals surface area (Å²) in [5.74, 6) is -0.776. The third-order valence-electron chi connectivity index (χ3n) is 5.44. The van der Waals surface area contributed by atoms with Crippen LogP contribution in [0.25, 0.3) is 0 Å². The van der Waals surface area contributed by atoms with Crippen LogP contribution in [-0.4, -0.2) is 24.0 Å². The van der Waals surface area contributed by atoms with E-state index in [9.17, 15) is 14.4 Å². The normalized spacial score (nSPS) is 10.7. The van der Waals surface area contributed by atoms with Crippen molar-refractivity contribution in [1.29, 1.82) is 0 Å². The number of hydrogen-bond acceptors (Lipinski definition) is 5. The predicted molar refractivity (Wildman–Crippen MR) is 151 cm³/mol. The Labute approximate surface area is 228 Å². The molecular weight excluding hydrogens is 546 g/mol. The highest BCUT2D eigenvalue weighted by Gasteiger charge is 2.12. The fraction of sp³-hybridized carbons (Fsp3) is 0.0667. The first-order valence-electron chi connectivity index (χ1n) is 11.7. The summed E-state index contributed by atoms with van der Waals surface area (Å²) in [6.45, 7) is 1.90. The molecule has 0 spiro atoms. The summed E-state index contributed by atoms with van der Waals surface area (Å²) in [6, 6.07) is 28.2. The van der Waals surface area contributed by atoms with Gasteiger partial charge in [0.25, 0.3) is 5.91 Å². The second kappa shape index (κ2) is 12.6. The molecule has 8 heteroatoms. The Balaban J connectivity index is 1.36. The highest BCUT2D eigenvalue weighted by molar-refractivity contribution is 9.10. The number of carbonyl (C=O) groups is 3. The van der Waals surface area contributed by atoms with Crippen molar-refractivity contribution in [3.8, 4) is 5.75 Å². The Hall–Kier alpha value is -4.56. The Morgan fingerprint density at radius 1 is 0.868 bits per heavy atom. The summed E-state index contributed by atoms with van der Waals surface area (Å²) in [7, 11) is 0. The molecule has 2 amide bonds. The maximum Gasteiger partial charge on any atom is 0.343 e. The summed E-state index contributed by atoms with van der Waals surface area (Å²) >= 11 is 3.40. The smallest absolute Gasteiger partial charge is 0.343 e. The van der Waals surface area contributed by atoms with E-state index >= 15 is 0 Å². The number of hydrazone groups is 1. The maximum absolute atomic E-state index is 12.6. The lowest BCUT2D eigenvalue weighted by molar-refractivity contribution is -0.115. The third kappa shape index (κ3) is 7.47. The quantitative estimate of drug-likeness (QED) is 0.119. The van der Waals surface area contributed by atoms with Crippen molar-refractivity contribution < 1.29 is 19.1 Å². The zero-order chi connectivity index (χ0) is 26.9. The van der Waals surface area contributed by atoms with Gasteiger partial charge in [-0.3, -0.25) is 9.59 Å². The van der Waals surface area contributed by atoms with Gasteiger partial charge >= 0.3 is 5.97 Å². The molecule has 0 heterocycles. The van der Waals surface area contributed by atoms with Gasteiger partial charge in [-0.25, -0.2) is 10.2 Å². The number of ether oxygens (including phenoxy) is 1. The largest absolute Gasteiger partial charge is 0.422 e. The summed E-state index contributed by atoms with van der Waals surface area (Å²) in [5, 5.41) is 6.84. The molecule has 0 aliphatic rings. The van der Waals surface area contributed by atoms with Crippen LogP contribution in [0.4, 0.5) is 5.69 Å². The third-order valence-corrected chi connectivity index (χ3v) is 5.93. The molecule has 7 nitrogen and oxygen atoms in total. The molecule has 0 aliphatic heterocycles. The van der Waals surface area contributed by atoms with Crippen molar-refractivity contribution in [2.24, 2.45) is 5.10 Å². The van der Waals surface area contributed by atoms with Gasteiger partial charge in [0.05, 0.1) is 18.2 Å². The van der Waals surface area contributed by atoms with Crippen molar-refractivity contribution in [3.05, 3.63) is 129 Å². The summed E-state index contributed by atoms with van der Waals surface area (Å²) < 4.78 is 6.32. The van der Waals surface area contributed by atoms with E-state index in [-0.39, 0.29) is 12.3 Å². The molecule has 0 aliphatic carbocycles. The van der Waals surface area contributed by atoms with Crippen LogP contribution in [0.3, 0.4) is 0 Å². The number of esters is 1. The molecule has 0 saturated carbocycles. The van der Waals surface area contributed by atoms with Gasteiger partial charge in [0, 0.05) is 21.3 Å². The second-order valence-corrected chi connectivity index (χ2v) is 9.34. The predicted octanol–water partition coefficient (Wildman–Crippen LogP) is 5.92. The summed E-state index contributed by atoms with van der Waals surface area (Å²) in [5.41, 5.74) is 6.21. The Kier molecular flexibility index (Phi) is 8.79. The van der Waals surface area contributed by atoms with Crippen molar-refractivity contribution in [3.63, 3.8) is 0 Å². The number of nitrogens with zero attached hydrogens (tertiary/aromatic N) is 1. The first-order valence-corrected chi connectivity index (χ1v) is 12.5. The van der Waals surface area contributed by atoms with Crippen LogP contribution >= 0.6 is 15.9 Å². The molecule has 0 unspecified atom stereocenters. The number of hydrogen-bond donors (Lipinski definition) is 2. The van der Waals surface area contributed by atoms with Gasteiger partial charge < -0.3 is 10.1 Å². The van der Waals surface area contributed by atoms with Crippen LogP contribution in [0.15, 0.2) is 107 Å². The number of carbonyl (C=O) groups excluding carboxylic acids is 3. The van der Waals surface area contributed by atoms with Gasteiger partial charge in [0.2, 0.25) is 5.91 Å². The molecular formula is C30H24BrN3O4. The average molecular weight is 570 g/mol. The van der Waals surface area contributed by atoms with E-state index in [0.717, 1.165) is 15.6 Å². The minimum absolute atomic E-state index is 0.147. The summed E-state index contributed by atoms with van der Waals surface area (Å²) in [4.78, 5) is 37.4. The minimum atomic E-state index is -0.495. The van der Waals surface area contributed by atoms with E-state index in [1.165, 1.54) is 6.21 Å². The molecule has 38 heavy (non-hydrogen) atoms. The number of anilines is 1. The lowest BCUT2D eigenvalue weighted by atomic mass is 10.1. The van der Waals surface area contributed by atoms with Gasteiger partial charge in [-0.15, -0.1) is 0 Å². The van der Waals surface area contributed by atoms with Crippen LogP contribution in [0.1, 0.15) is 37.4 Å². The standard InChI is InChI=1S/C30H24BrN3O4/c1-20-6-5-9-23(16-20)30(37)38-27-15-12-25(31)18-24(27)19-32-34-29(36)22-10-13-26(14-11-22)33-28(35)17-21-7-3-2-4-8-21/h2-16,18-19H,17H2,1H3,(H,33,35)(H,34,36)/b32-19-. The molecule has 2 N–H and O–H groups in total. The van der Waals surface area contributed by atoms with E-state index in [2.05, 4.69) is 31.8 Å². The minimum Gasteiger partial charge on any atom is -0.422 e. The second-order valence-electron chi connectivity index (χ2n) is 8.43. The van der Waals surface area contributed by atoms with Crippen molar-refractivity contribution in [2.45, 2.75) is 13.3 Å². The average Bonchev–Trinajstić information content (AvgIpc) is 2.91. The van der Waals surface area contributed by atoms with Gasteiger partial charge in [-0.1, -0.05) is 64.0 Å². The van der Waals surface area contributed by atoms with Crippen LogP contribution in [0, 0.1) is 6.92 Å². The molecule has 0 aromatic heterocycles. The zero-order valence-corrected chi connectivity index (χ0v) is 22.1. The van der Waals surface area contributed by atoms with Crippen LogP contribution < -0.4 is 15.5 Å². The summed E-state index contributed by atoms with van der Waals surface area (Å²) in [6.07, 6.45) is 1.66. The van der Waals surface area contributed by atoms with Crippen molar-refractivity contribution in [2.75, 3.05) is 5.32 Å². The Morgan fingerprint density at radius 2 is 1.63 bits per heavy atom. The molecule has 190 valence electrons. The van der Waals surface area contributed by atoms with Crippen LogP contribution in [0.5, 0.6) is 5.75 Å². The van der Waals surface area contributed by atoms with Gasteiger partial charge in [-0.05, 0) is 67.1 Å². The lowest BCUT2D eigenvalue weighted by Gasteiger charge is -2.09. The first kappa shape index (κ1) is 26.5. The highest BCUT2D eigenvalue weighted by Crippen LogP contribution is 2.23. The van der Waals surface area contributed by atoms with Crippen LogP contribution in [-0.2, 0) is 11.2 Å². The van der Waals surface area contributed by atoms with E-state index in [4.69, 9.17) is 4.74 Å². The lowest BCUT2D eigenvalue weighted by Crippen LogP contribution is -2.18. The maximum atomic E-state index is 12.6. The first-order chi connectivity index (χ1) is 18.4. The molecule has 0 radical (unpaired) electrons. The monoisotopic (exact) mass is 569 g/mol. The van der Waals surface area contributed by atoms with E-state index in [1.54, 1.807) is 60.7 Å². The number of amides is 2. The number of halogens is 1. The van der Waals surface area contributed by atoms with E-state index in [0.29, 0.717) is 28.1 Å².